The number of hydrogen-bond acceptors (Lipinski definition) is 3. The largest absolute Gasteiger partial charge is 0.478 e. The first-order valence-corrected chi connectivity index (χ1v) is 7.35. The zero-order valence-corrected chi connectivity index (χ0v) is 12.7. The molecule has 0 aliphatic rings. The molecule has 2 rings (SSSR count). The van der Waals surface area contributed by atoms with Crippen molar-refractivity contribution in [1.82, 2.24) is 9.55 Å². The van der Waals surface area contributed by atoms with Gasteiger partial charge in [-0.05, 0) is 31.4 Å². The Morgan fingerprint density at radius 2 is 2.10 bits per heavy atom. The summed E-state index contributed by atoms with van der Waals surface area (Å²) in [6.45, 7) is 6.18. The molecular formula is C16H22N2O3. The van der Waals surface area contributed by atoms with Crippen molar-refractivity contribution < 1.29 is 15.0 Å². The number of rotatable bonds is 6. The molecule has 0 spiro atoms. The van der Waals surface area contributed by atoms with Crippen LogP contribution in [0, 0.1) is 5.92 Å². The van der Waals surface area contributed by atoms with Crippen molar-refractivity contribution in [1.29, 1.82) is 0 Å². The van der Waals surface area contributed by atoms with E-state index in [2.05, 4.69) is 16.5 Å². The maximum absolute atomic E-state index is 11.4. The first-order chi connectivity index (χ1) is 10.0. The van der Waals surface area contributed by atoms with E-state index in [1.807, 2.05) is 19.9 Å². The van der Waals surface area contributed by atoms with Gasteiger partial charge in [0.05, 0.1) is 11.1 Å². The van der Waals surface area contributed by atoms with Gasteiger partial charge < -0.3 is 14.8 Å². The molecule has 2 unspecified atom stereocenters. The molecule has 0 amide bonds. The Kier molecular flexibility index (Phi) is 4.63. The van der Waals surface area contributed by atoms with Crippen LogP contribution in [0.2, 0.25) is 0 Å². The third-order valence-electron chi connectivity index (χ3n) is 4.02. The van der Waals surface area contributed by atoms with E-state index in [0.717, 1.165) is 24.2 Å². The summed E-state index contributed by atoms with van der Waals surface area (Å²) < 4.78 is 2.08. The van der Waals surface area contributed by atoms with Crippen LogP contribution in [-0.4, -0.2) is 32.3 Å². The number of carbonyl (C=O) groups is 1. The molecule has 21 heavy (non-hydrogen) atoms. The second-order valence-electron chi connectivity index (χ2n) is 5.53. The highest BCUT2D eigenvalue weighted by Gasteiger charge is 2.22. The molecule has 0 saturated carbocycles. The molecule has 0 radical (unpaired) electrons. The number of aliphatic hydroxyl groups is 1. The van der Waals surface area contributed by atoms with E-state index in [9.17, 15) is 15.0 Å². The number of aromatic nitrogens is 2. The summed E-state index contributed by atoms with van der Waals surface area (Å²) in [6, 6.07) is 5.29. The fourth-order valence-corrected chi connectivity index (χ4v) is 2.60. The number of hydrogen-bond donors (Lipinski definition) is 2. The second kappa shape index (κ2) is 6.26. The Labute approximate surface area is 124 Å². The predicted octanol–water partition coefficient (Wildman–Crippen LogP) is 2.88. The third kappa shape index (κ3) is 2.78. The van der Waals surface area contributed by atoms with Gasteiger partial charge in [0.2, 0.25) is 0 Å². The normalized spacial score (nSPS) is 14.3. The molecule has 2 atom stereocenters. The second-order valence-corrected chi connectivity index (χ2v) is 5.53. The van der Waals surface area contributed by atoms with E-state index in [4.69, 9.17) is 0 Å². The van der Waals surface area contributed by atoms with E-state index in [-0.39, 0.29) is 24.1 Å². The topological polar surface area (TPSA) is 75.3 Å². The smallest absolute Gasteiger partial charge is 0.337 e. The minimum atomic E-state index is -0.962. The maximum atomic E-state index is 11.4. The van der Waals surface area contributed by atoms with Gasteiger partial charge in [0.15, 0.2) is 0 Å². The van der Waals surface area contributed by atoms with Crippen LogP contribution in [-0.2, 0) is 6.42 Å². The third-order valence-corrected chi connectivity index (χ3v) is 4.02. The summed E-state index contributed by atoms with van der Waals surface area (Å²) in [5.74, 6) is -0.00310. The lowest BCUT2D eigenvalue weighted by Gasteiger charge is -2.22. The number of aryl methyl sites for hydroxylation is 1. The Bertz CT molecular complexity index is 648. The van der Waals surface area contributed by atoms with E-state index in [0.29, 0.717) is 5.52 Å². The van der Waals surface area contributed by atoms with Gasteiger partial charge in [-0.15, -0.1) is 0 Å². The monoisotopic (exact) mass is 290 g/mol. The fourth-order valence-electron chi connectivity index (χ4n) is 2.60. The first-order valence-electron chi connectivity index (χ1n) is 7.35. The molecule has 0 aliphatic heterocycles. The standard InChI is InChI=1S/C16H22N2O3/c1-4-6-14-17-15-12(16(20)21)7-5-8-13(15)18(14)11(3)10(2)9-19/h5,7-8,10-11,19H,4,6,9H2,1-3H3,(H,20,21). The number of carboxylic acid groups (broad SMARTS) is 1. The number of imidazole rings is 1. The Hall–Kier alpha value is -1.88. The highest BCUT2D eigenvalue weighted by Crippen LogP contribution is 2.28. The molecule has 5 heteroatoms. The molecule has 0 fully saturated rings. The van der Waals surface area contributed by atoms with E-state index in [1.165, 1.54) is 0 Å². The van der Waals surface area contributed by atoms with Crippen LogP contribution in [0.5, 0.6) is 0 Å². The van der Waals surface area contributed by atoms with Crippen molar-refractivity contribution in [2.75, 3.05) is 6.61 Å². The van der Waals surface area contributed by atoms with Gasteiger partial charge in [0.25, 0.3) is 0 Å². The number of benzene rings is 1. The van der Waals surface area contributed by atoms with E-state index >= 15 is 0 Å². The van der Waals surface area contributed by atoms with Crippen molar-refractivity contribution >= 4 is 17.0 Å². The van der Waals surface area contributed by atoms with Crippen LogP contribution in [0.1, 0.15) is 49.4 Å². The fraction of sp³-hybridized carbons (Fsp3) is 0.500. The molecule has 1 aromatic heterocycles. The predicted molar refractivity (Wildman–Crippen MR) is 81.6 cm³/mol. The highest BCUT2D eigenvalue weighted by molar-refractivity contribution is 6.01. The summed E-state index contributed by atoms with van der Waals surface area (Å²) in [5.41, 5.74) is 1.59. The summed E-state index contributed by atoms with van der Waals surface area (Å²) in [6.07, 6.45) is 1.72. The average molecular weight is 290 g/mol. The molecule has 5 nitrogen and oxygen atoms in total. The summed E-state index contributed by atoms with van der Waals surface area (Å²) in [4.78, 5) is 15.9. The molecular weight excluding hydrogens is 268 g/mol. The van der Waals surface area contributed by atoms with Crippen LogP contribution in [0.15, 0.2) is 18.2 Å². The van der Waals surface area contributed by atoms with Crippen molar-refractivity contribution in [3.05, 3.63) is 29.6 Å². The zero-order valence-electron chi connectivity index (χ0n) is 12.7. The molecule has 1 aromatic carbocycles. The molecule has 0 bridgehead atoms. The van der Waals surface area contributed by atoms with Crippen LogP contribution in [0.25, 0.3) is 11.0 Å². The Morgan fingerprint density at radius 1 is 1.38 bits per heavy atom. The summed E-state index contributed by atoms with van der Waals surface area (Å²) in [7, 11) is 0. The van der Waals surface area contributed by atoms with Gasteiger partial charge >= 0.3 is 5.97 Å². The van der Waals surface area contributed by atoms with Gasteiger partial charge in [0.1, 0.15) is 11.3 Å². The van der Waals surface area contributed by atoms with Gasteiger partial charge in [-0.2, -0.15) is 0 Å². The van der Waals surface area contributed by atoms with E-state index < -0.39 is 5.97 Å². The lowest BCUT2D eigenvalue weighted by molar-refractivity contribution is 0.0699. The molecule has 2 N–H and O–H groups in total. The van der Waals surface area contributed by atoms with Gasteiger partial charge in [-0.1, -0.05) is 19.9 Å². The van der Waals surface area contributed by atoms with Crippen molar-refractivity contribution in [3.63, 3.8) is 0 Å². The van der Waals surface area contributed by atoms with Gasteiger partial charge in [-0.25, -0.2) is 9.78 Å². The first kappa shape index (κ1) is 15.5. The minimum Gasteiger partial charge on any atom is -0.478 e. The Balaban J connectivity index is 2.69. The number of fused-ring (bicyclic) bond motifs is 1. The number of para-hydroxylation sites is 1. The van der Waals surface area contributed by atoms with Crippen molar-refractivity contribution in [2.45, 2.75) is 39.7 Å². The van der Waals surface area contributed by atoms with Gasteiger partial charge in [-0.3, -0.25) is 0 Å². The number of aliphatic hydroxyl groups excluding tert-OH is 1. The SMILES string of the molecule is CCCc1nc2c(C(=O)O)cccc2n1C(C)C(C)CO. The van der Waals surface area contributed by atoms with Crippen molar-refractivity contribution in [2.24, 2.45) is 5.92 Å². The molecule has 114 valence electrons. The summed E-state index contributed by atoms with van der Waals surface area (Å²) >= 11 is 0. The van der Waals surface area contributed by atoms with Crippen LogP contribution in [0.4, 0.5) is 0 Å². The van der Waals surface area contributed by atoms with Gasteiger partial charge in [0, 0.05) is 19.1 Å². The lowest BCUT2D eigenvalue weighted by Crippen LogP contribution is -2.19. The minimum absolute atomic E-state index is 0.0607. The maximum Gasteiger partial charge on any atom is 0.337 e. The van der Waals surface area contributed by atoms with Crippen molar-refractivity contribution in [3.8, 4) is 0 Å². The average Bonchev–Trinajstić information content (AvgIpc) is 2.83. The van der Waals surface area contributed by atoms with Crippen LogP contribution >= 0.6 is 0 Å². The number of aromatic carboxylic acids is 1. The van der Waals surface area contributed by atoms with Crippen LogP contribution < -0.4 is 0 Å². The molecule has 0 saturated heterocycles. The molecule has 2 aromatic rings. The quantitative estimate of drug-likeness (QED) is 0.857. The van der Waals surface area contributed by atoms with Crippen LogP contribution in [0.3, 0.4) is 0 Å². The molecule has 0 aliphatic carbocycles. The number of nitrogens with zero attached hydrogens (tertiary/aromatic N) is 2. The highest BCUT2D eigenvalue weighted by atomic mass is 16.4. The Morgan fingerprint density at radius 3 is 2.67 bits per heavy atom. The lowest BCUT2D eigenvalue weighted by atomic mass is 10.0. The number of carboxylic acids is 1. The summed E-state index contributed by atoms with van der Waals surface area (Å²) in [5, 5.41) is 18.7. The van der Waals surface area contributed by atoms with E-state index in [1.54, 1.807) is 12.1 Å². The molecule has 1 heterocycles. The zero-order chi connectivity index (χ0) is 15.6.